The van der Waals surface area contributed by atoms with Crippen molar-refractivity contribution in [3.05, 3.63) is 0 Å². The van der Waals surface area contributed by atoms with E-state index in [0.29, 0.717) is 0 Å². The predicted molar refractivity (Wildman–Crippen MR) is 52.5 cm³/mol. The summed E-state index contributed by atoms with van der Waals surface area (Å²) in [5.74, 6) is -3.70. The molecule has 2 rings (SSSR count). The number of carbonyl (C=O) groups is 1. The molecular weight excluding hydrogens is 232 g/mol. The fourth-order valence-electron chi connectivity index (χ4n) is 1.92. The van der Waals surface area contributed by atoms with E-state index >= 15 is 0 Å². The van der Waals surface area contributed by atoms with Crippen LogP contribution in [0.3, 0.4) is 0 Å². The zero-order valence-electron chi connectivity index (χ0n) is 9.87. The van der Waals surface area contributed by atoms with Crippen LogP contribution < -0.4 is 0 Å². The highest BCUT2D eigenvalue weighted by atomic mass is 16.9. The van der Waals surface area contributed by atoms with Crippen molar-refractivity contribution in [1.29, 1.82) is 0 Å². The summed E-state index contributed by atoms with van der Waals surface area (Å²) >= 11 is 0. The van der Waals surface area contributed by atoms with Gasteiger partial charge >= 0.3 is 5.97 Å². The summed E-state index contributed by atoms with van der Waals surface area (Å²) in [6.07, 6.45) is -2.98. The van der Waals surface area contributed by atoms with Crippen LogP contribution >= 0.6 is 0 Å². The SMILES string of the molecule is CC(=O)OCC1O[C@@H]2OC(C)(C)O[C@@H]2C1(O)O. The lowest BCUT2D eigenvalue weighted by Crippen LogP contribution is -2.50. The lowest BCUT2D eigenvalue weighted by Gasteiger charge is -2.28. The fourth-order valence-corrected chi connectivity index (χ4v) is 1.92. The molecule has 0 aromatic heterocycles. The molecule has 0 spiro atoms. The molecule has 7 heteroatoms. The third-order valence-electron chi connectivity index (χ3n) is 2.69. The molecule has 2 fully saturated rings. The topological polar surface area (TPSA) is 94.5 Å². The summed E-state index contributed by atoms with van der Waals surface area (Å²) in [6.45, 7) is 4.25. The van der Waals surface area contributed by atoms with Crippen LogP contribution in [0.2, 0.25) is 0 Å². The second-order valence-electron chi connectivity index (χ2n) is 4.63. The van der Waals surface area contributed by atoms with Gasteiger partial charge in [-0.1, -0.05) is 0 Å². The first-order valence-electron chi connectivity index (χ1n) is 5.31. The highest BCUT2D eigenvalue weighted by Gasteiger charge is 2.63. The number of fused-ring (bicyclic) bond motifs is 1. The summed E-state index contributed by atoms with van der Waals surface area (Å²) in [5, 5.41) is 19.8. The molecule has 17 heavy (non-hydrogen) atoms. The van der Waals surface area contributed by atoms with Crippen LogP contribution in [0.1, 0.15) is 20.8 Å². The summed E-state index contributed by atoms with van der Waals surface area (Å²) in [6, 6.07) is 0. The molecule has 0 aliphatic carbocycles. The molecule has 0 aromatic rings. The molecule has 2 N–H and O–H groups in total. The summed E-state index contributed by atoms with van der Waals surface area (Å²) in [7, 11) is 0. The van der Waals surface area contributed by atoms with E-state index in [1.54, 1.807) is 13.8 Å². The molecule has 1 unspecified atom stereocenters. The number of aliphatic hydroxyl groups is 2. The van der Waals surface area contributed by atoms with Crippen LogP contribution in [0.4, 0.5) is 0 Å². The van der Waals surface area contributed by atoms with Crippen molar-refractivity contribution in [1.82, 2.24) is 0 Å². The minimum absolute atomic E-state index is 0.261. The molecule has 0 bridgehead atoms. The van der Waals surface area contributed by atoms with Crippen molar-refractivity contribution in [3.63, 3.8) is 0 Å². The van der Waals surface area contributed by atoms with Gasteiger partial charge in [0.05, 0.1) is 0 Å². The zero-order valence-corrected chi connectivity index (χ0v) is 9.87. The van der Waals surface area contributed by atoms with Crippen molar-refractivity contribution in [2.45, 2.75) is 50.8 Å². The van der Waals surface area contributed by atoms with Crippen molar-refractivity contribution >= 4 is 5.97 Å². The Labute approximate surface area is 98.2 Å². The minimum Gasteiger partial charge on any atom is -0.463 e. The Balaban J connectivity index is 2.04. The maximum Gasteiger partial charge on any atom is 0.302 e. The lowest BCUT2D eigenvalue weighted by molar-refractivity contribution is -0.285. The second-order valence-corrected chi connectivity index (χ2v) is 4.63. The van der Waals surface area contributed by atoms with E-state index < -0.39 is 36.0 Å². The van der Waals surface area contributed by atoms with E-state index in [4.69, 9.17) is 14.2 Å². The van der Waals surface area contributed by atoms with Gasteiger partial charge in [0, 0.05) is 6.92 Å². The van der Waals surface area contributed by atoms with E-state index in [0.717, 1.165) is 0 Å². The van der Waals surface area contributed by atoms with Gasteiger partial charge in [-0.05, 0) is 13.8 Å². The van der Waals surface area contributed by atoms with E-state index in [1.165, 1.54) is 6.92 Å². The number of ether oxygens (including phenoxy) is 4. The van der Waals surface area contributed by atoms with Crippen LogP contribution in [0.5, 0.6) is 0 Å². The van der Waals surface area contributed by atoms with E-state index in [1.807, 2.05) is 0 Å². The Morgan fingerprint density at radius 3 is 2.53 bits per heavy atom. The molecule has 98 valence electrons. The lowest BCUT2D eigenvalue weighted by atomic mass is 10.1. The average Bonchev–Trinajstić information content (AvgIpc) is 2.57. The van der Waals surface area contributed by atoms with Gasteiger partial charge in [0.2, 0.25) is 5.79 Å². The first kappa shape index (κ1) is 12.7. The van der Waals surface area contributed by atoms with Gasteiger partial charge < -0.3 is 29.2 Å². The molecule has 2 aliphatic rings. The predicted octanol–water partition coefficient (Wildman–Crippen LogP) is -0.893. The summed E-state index contributed by atoms with van der Waals surface area (Å²) in [5.41, 5.74) is 0. The fraction of sp³-hybridized carbons (Fsp3) is 0.900. The molecule has 0 aromatic carbocycles. The minimum atomic E-state index is -2.24. The highest BCUT2D eigenvalue weighted by Crippen LogP contribution is 2.41. The third-order valence-corrected chi connectivity index (χ3v) is 2.69. The third kappa shape index (κ3) is 2.29. The van der Waals surface area contributed by atoms with Crippen molar-refractivity contribution in [3.8, 4) is 0 Å². The van der Waals surface area contributed by atoms with Crippen molar-refractivity contribution in [2.75, 3.05) is 6.61 Å². The van der Waals surface area contributed by atoms with Crippen LogP contribution in [0.25, 0.3) is 0 Å². The van der Waals surface area contributed by atoms with Crippen LogP contribution in [-0.2, 0) is 23.7 Å². The van der Waals surface area contributed by atoms with Gasteiger partial charge in [-0.15, -0.1) is 0 Å². The normalized spacial score (nSPS) is 37.8. The molecule has 7 nitrogen and oxygen atoms in total. The highest BCUT2D eigenvalue weighted by molar-refractivity contribution is 5.65. The Kier molecular flexibility index (Phi) is 2.91. The van der Waals surface area contributed by atoms with Crippen LogP contribution in [0.15, 0.2) is 0 Å². The number of hydrogen-bond donors (Lipinski definition) is 2. The van der Waals surface area contributed by atoms with Gasteiger partial charge in [0.25, 0.3) is 0 Å². The Bertz CT molecular complexity index is 325. The van der Waals surface area contributed by atoms with Gasteiger partial charge in [-0.25, -0.2) is 0 Å². The van der Waals surface area contributed by atoms with Gasteiger partial charge in [-0.3, -0.25) is 4.79 Å². The molecular formula is C10H16O7. The molecule has 2 saturated heterocycles. The summed E-state index contributed by atoms with van der Waals surface area (Å²) < 4.78 is 20.6. The largest absolute Gasteiger partial charge is 0.463 e. The Morgan fingerprint density at radius 2 is 2.00 bits per heavy atom. The number of hydrogen-bond acceptors (Lipinski definition) is 7. The number of rotatable bonds is 2. The maximum absolute atomic E-state index is 10.7. The molecule has 2 aliphatic heterocycles. The summed E-state index contributed by atoms with van der Waals surface area (Å²) in [4.78, 5) is 10.7. The molecule has 0 saturated carbocycles. The van der Waals surface area contributed by atoms with E-state index in [2.05, 4.69) is 4.74 Å². The number of carbonyl (C=O) groups excluding carboxylic acids is 1. The molecule has 3 atom stereocenters. The first-order chi connectivity index (χ1) is 7.72. The van der Waals surface area contributed by atoms with Crippen LogP contribution in [-0.4, -0.2) is 52.9 Å². The van der Waals surface area contributed by atoms with Crippen LogP contribution in [0, 0.1) is 0 Å². The van der Waals surface area contributed by atoms with E-state index in [9.17, 15) is 15.0 Å². The monoisotopic (exact) mass is 248 g/mol. The van der Waals surface area contributed by atoms with Crippen molar-refractivity contribution < 1.29 is 34.0 Å². The molecule has 0 radical (unpaired) electrons. The molecule has 0 amide bonds. The average molecular weight is 248 g/mol. The maximum atomic E-state index is 10.7. The van der Waals surface area contributed by atoms with Gasteiger partial charge in [0.15, 0.2) is 24.3 Å². The van der Waals surface area contributed by atoms with E-state index in [-0.39, 0.29) is 6.61 Å². The molecule has 2 heterocycles. The Hall–Kier alpha value is -0.730. The standard InChI is InChI=1S/C10H16O7/c1-5(11)14-4-6-10(12,13)7-8(15-6)17-9(2,3)16-7/h6-8,12-13H,4H2,1-3H3/t6?,7-,8+/m0/s1. The van der Waals surface area contributed by atoms with Gasteiger partial charge in [0.1, 0.15) is 6.61 Å². The second kappa shape index (κ2) is 3.89. The zero-order chi connectivity index (χ0) is 12.8. The van der Waals surface area contributed by atoms with Gasteiger partial charge in [-0.2, -0.15) is 0 Å². The number of esters is 1. The van der Waals surface area contributed by atoms with Crippen molar-refractivity contribution in [2.24, 2.45) is 0 Å². The first-order valence-corrected chi connectivity index (χ1v) is 5.31. The Morgan fingerprint density at radius 1 is 1.35 bits per heavy atom. The quantitative estimate of drug-likeness (QED) is 0.483. The smallest absolute Gasteiger partial charge is 0.302 e.